The third kappa shape index (κ3) is 3.74. The molecule has 1 fully saturated rings. The molecule has 0 aliphatic carbocycles. The van der Waals surface area contributed by atoms with Gasteiger partial charge in [0.25, 0.3) is 11.8 Å². The summed E-state index contributed by atoms with van der Waals surface area (Å²) in [7, 11) is 0. The maximum atomic E-state index is 14.0. The number of nitrogens with zero attached hydrogens (tertiary/aromatic N) is 1. The van der Waals surface area contributed by atoms with E-state index in [0.717, 1.165) is 12.1 Å². The van der Waals surface area contributed by atoms with Crippen LogP contribution >= 0.6 is 11.6 Å². The molecular formula is C18H9ClF4N2O3. The molecule has 1 aliphatic rings. The zero-order valence-electron chi connectivity index (χ0n) is 13.7. The van der Waals surface area contributed by atoms with E-state index in [1.54, 1.807) is 0 Å². The first-order chi connectivity index (χ1) is 13.1. The maximum absolute atomic E-state index is 14.0. The van der Waals surface area contributed by atoms with Gasteiger partial charge in [-0.25, -0.2) is 14.1 Å². The number of urea groups is 1. The molecule has 4 amide bonds. The largest absolute Gasteiger partial charge is 0.416 e. The van der Waals surface area contributed by atoms with Crippen LogP contribution in [0.15, 0.2) is 48.0 Å². The molecule has 0 saturated carbocycles. The van der Waals surface area contributed by atoms with Gasteiger partial charge >= 0.3 is 12.2 Å². The Labute approximate surface area is 160 Å². The fourth-order valence-corrected chi connectivity index (χ4v) is 2.58. The normalized spacial score (nSPS) is 16.5. The number of amides is 4. The van der Waals surface area contributed by atoms with Crippen LogP contribution in [-0.4, -0.2) is 17.8 Å². The van der Waals surface area contributed by atoms with Gasteiger partial charge in [-0.2, -0.15) is 13.2 Å². The predicted octanol–water partition coefficient (Wildman–Crippen LogP) is 4.16. The van der Waals surface area contributed by atoms with Gasteiger partial charge in [0.2, 0.25) is 0 Å². The van der Waals surface area contributed by atoms with Crippen molar-refractivity contribution < 1.29 is 31.9 Å². The molecule has 0 aromatic heterocycles. The Balaban J connectivity index is 2.01. The Bertz CT molecular complexity index is 1020. The van der Waals surface area contributed by atoms with Crippen molar-refractivity contribution in [3.05, 3.63) is 70.0 Å². The highest BCUT2D eigenvalue weighted by Crippen LogP contribution is 2.31. The highest BCUT2D eigenvalue weighted by atomic mass is 35.5. The van der Waals surface area contributed by atoms with Gasteiger partial charge in [-0.1, -0.05) is 17.7 Å². The quantitative estimate of drug-likeness (QED) is 0.457. The summed E-state index contributed by atoms with van der Waals surface area (Å²) in [5.41, 5.74) is -2.16. The lowest BCUT2D eigenvalue weighted by Gasteiger charge is -2.26. The minimum atomic E-state index is -4.75. The number of benzene rings is 2. The van der Waals surface area contributed by atoms with E-state index in [-0.39, 0.29) is 11.8 Å². The molecule has 1 aliphatic heterocycles. The molecule has 28 heavy (non-hydrogen) atoms. The van der Waals surface area contributed by atoms with Gasteiger partial charge in [-0.15, -0.1) is 0 Å². The fourth-order valence-electron chi connectivity index (χ4n) is 2.46. The summed E-state index contributed by atoms with van der Waals surface area (Å²) >= 11 is 5.75. The molecular weight excluding hydrogens is 404 g/mol. The summed E-state index contributed by atoms with van der Waals surface area (Å²) in [6.45, 7) is 0. The van der Waals surface area contributed by atoms with Gasteiger partial charge in [-0.05, 0) is 42.5 Å². The number of alkyl halides is 3. The monoisotopic (exact) mass is 412 g/mol. The summed E-state index contributed by atoms with van der Waals surface area (Å²) in [6, 6.07) is 6.15. The topological polar surface area (TPSA) is 66.5 Å². The number of hydrogen-bond donors (Lipinski definition) is 1. The van der Waals surface area contributed by atoms with Gasteiger partial charge in [0, 0.05) is 10.6 Å². The number of hydrogen-bond acceptors (Lipinski definition) is 3. The summed E-state index contributed by atoms with van der Waals surface area (Å²) in [5.74, 6) is -3.44. The van der Waals surface area contributed by atoms with E-state index in [9.17, 15) is 31.9 Å². The molecule has 1 heterocycles. The van der Waals surface area contributed by atoms with E-state index in [0.29, 0.717) is 16.0 Å². The number of carbonyl (C=O) groups excluding carboxylic acids is 3. The Kier molecular flexibility index (Phi) is 4.95. The van der Waals surface area contributed by atoms with Crippen molar-refractivity contribution in [1.82, 2.24) is 5.32 Å². The van der Waals surface area contributed by atoms with Gasteiger partial charge in [0.1, 0.15) is 11.4 Å². The molecule has 10 heteroatoms. The van der Waals surface area contributed by atoms with Gasteiger partial charge in [0.15, 0.2) is 0 Å². The van der Waals surface area contributed by atoms with E-state index in [1.165, 1.54) is 24.3 Å². The van der Waals surface area contributed by atoms with Crippen LogP contribution in [0.2, 0.25) is 5.02 Å². The molecule has 0 unspecified atom stereocenters. The lowest BCUT2D eigenvalue weighted by atomic mass is 10.0. The van der Waals surface area contributed by atoms with Crippen molar-refractivity contribution in [3.8, 4) is 0 Å². The minimum absolute atomic E-state index is 0.0955. The Morgan fingerprint density at radius 3 is 2.21 bits per heavy atom. The highest BCUT2D eigenvalue weighted by molar-refractivity contribution is 6.39. The zero-order valence-corrected chi connectivity index (χ0v) is 14.4. The van der Waals surface area contributed by atoms with Crippen LogP contribution in [0.25, 0.3) is 6.08 Å². The Morgan fingerprint density at radius 1 is 1.00 bits per heavy atom. The van der Waals surface area contributed by atoms with Crippen molar-refractivity contribution in [2.75, 3.05) is 4.90 Å². The zero-order chi connectivity index (χ0) is 20.6. The molecule has 1 saturated heterocycles. The Morgan fingerprint density at radius 2 is 1.64 bits per heavy atom. The highest BCUT2D eigenvalue weighted by Gasteiger charge is 2.37. The molecule has 0 radical (unpaired) electrons. The summed E-state index contributed by atoms with van der Waals surface area (Å²) < 4.78 is 52.0. The van der Waals surface area contributed by atoms with Gasteiger partial charge in [-0.3, -0.25) is 14.9 Å². The lowest BCUT2D eigenvalue weighted by Crippen LogP contribution is -2.54. The van der Waals surface area contributed by atoms with Crippen LogP contribution in [0.1, 0.15) is 11.1 Å². The van der Waals surface area contributed by atoms with Crippen molar-refractivity contribution in [2.24, 2.45) is 0 Å². The molecule has 1 N–H and O–H groups in total. The third-order valence-corrected chi connectivity index (χ3v) is 4.07. The number of halogens is 5. The SMILES string of the molecule is O=C1NC(=O)N(c2ccc(Cl)cc2)C(=O)C1=Cc1ccc(C(F)(F)F)cc1F. The molecule has 0 bridgehead atoms. The predicted molar refractivity (Wildman–Crippen MR) is 91.9 cm³/mol. The average molecular weight is 413 g/mol. The minimum Gasteiger partial charge on any atom is -0.273 e. The molecule has 0 atom stereocenters. The molecule has 144 valence electrons. The lowest BCUT2D eigenvalue weighted by molar-refractivity contribution is -0.137. The van der Waals surface area contributed by atoms with Crippen LogP contribution in [-0.2, 0) is 15.8 Å². The summed E-state index contributed by atoms with van der Waals surface area (Å²) in [6.07, 6.45) is -3.97. The number of barbiturate groups is 1. The molecule has 0 spiro atoms. The molecule has 3 rings (SSSR count). The van der Waals surface area contributed by atoms with Crippen molar-refractivity contribution >= 4 is 41.2 Å². The first-order valence-electron chi connectivity index (χ1n) is 7.61. The van der Waals surface area contributed by atoms with Crippen LogP contribution < -0.4 is 10.2 Å². The van der Waals surface area contributed by atoms with Crippen molar-refractivity contribution in [2.45, 2.75) is 6.18 Å². The van der Waals surface area contributed by atoms with Crippen LogP contribution in [0.4, 0.5) is 28.0 Å². The van der Waals surface area contributed by atoms with Crippen LogP contribution in [0, 0.1) is 5.82 Å². The van der Waals surface area contributed by atoms with Gasteiger partial charge in [0.05, 0.1) is 11.3 Å². The van der Waals surface area contributed by atoms with Gasteiger partial charge < -0.3 is 0 Å². The summed E-state index contributed by atoms with van der Waals surface area (Å²) in [4.78, 5) is 37.3. The average Bonchev–Trinajstić information content (AvgIpc) is 2.60. The number of rotatable bonds is 2. The standard InChI is InChI=1S/C18H9ClF4N2O3/c19-11-3-5-12(6-4-11)25-16(27)13(15(26)24-17(25)28)7-9-1-2-10(8-14(9)20)18(21,22)23/h1-8H,(H,24,26,28). The van der Waals surface area contributed by atoms with E-state index in [1.807, 2.05) is 5.32 Å². The number of anilines is 1. The second-order valence-electron chi connectivity index (χ2n) is 5.67. The number of nitrogens with one attached hydrogen (secondary N) is 1. The molecule has 2 aromatic rings. The number of carbonyl (C=O) groups is 3. The van der Waals surface area contributed by atoms with Crippen molar-refractivity contribution in [3.63, 3.8) is 0 Å². The first-order valence-corrected chi connectivity index (χ1v) is 7.99. The third-order valence-electron chi connectivity index (χ3n) is 3.81. The second kappa shape index (κ2) is 7.08. The summed E-state index contributed by atoms with van der Waals surface area (Å²) in [5, 5.41) is 2.26. The first kappa shape index (κ1) is 19.6. The van der Waals surface area contributed by atoms with Crippen LogP contribution in [0.3, 0.4) is 0 Å². The van der Waals surface area contributed by atoms with E-state index in [4.69, 9.17) is 11.6 Å². The molecule has 2 aromatic carbocycles. The Hall–Kier alpha value is -3.20. The molecule has 5 nitrogen and oxygen atoms in total. The fraction of sp³-hybridized carbons (Fsp3) is 0.0556. The number of imide groups is 2. The maximum Gasteiger partial charge on any atom is 0.416 e. The van der Waals surface area contributed by atoms with E-state index >= 15 is 0 Å². The van der Waals surface area contributed by atoms with Crippen molar-refractivity contribution in [1.29, 1.82) is 0 Å². The van der Waals surface area contributed by atoms with E-state index < -0.39 is 46.5 Å². The second-order valence-corrected chi connectivity index (χ2v) is 6.10. The van der Waals surface area contributed by atoms with E-state index in [2.05, 4.69) is 0 Å². The smallest absolute Gasteiger partial charge is 0.273 e. The van der Waals surface area contributed by atoms with Crippen LogP contribution in [0.5, 0.6) is 0 Å².